The van der Waals surface area contributed by atoms with Crippen molar-refractivity contribution in [1.29, 1.82) is 0 Å². The molecule has 136 valence electrons. The summed E-state index contributed by atoms with van der Waals surface area (Å²) in [6.45, 7) is 6.71. The predicted octanol–water partition coefficient (Wildman–Crippen LogP) is 5.53. The largest absolute Gasteiger partial charge is 0.398 e. The molecule has 0 aromatic heterocycles. The van der Waals surface area contributed by atoms with E-state index in [0.717, 1.165) is 27.7 Å². The molecule has 1 amide bonds. The molecule has 1 atom stereocenters. The second kappa shape index (κ2) is 7.67. The predicted molar refractivity (Wildman–Crippen MR) is 112 cm³/mol. The highest BCUT2D eigenvalue weighted by Crippen LogP contribution is 2.36. The average molecular weight is 413 g/mol. The summed E-state index contributed by atoms with van der Waals surface area (Å²) in [7, 11) is 0. The number of nitrogens with zero attached hydrogens (tertiary/aromatic N) is 1. The zero-order valence-corrected chi connectivity index (χ0v) is 17.1. The maximum atomic E-state index is 12.2. The number of carbonyl (C=O) groups is 1. The summed E-state index contributed by atoms with van der Waals surface area (Å²) in [5, 5.41) is 0. The molecule has 1 unspecified atom stereocenters. The third-order valence-electron chi connectivity index (χ3n) is 5.03. The van der Waals surface area contributed by atoms with Crippen LogP contribution in [0.25, 0.3) is 5.57 Å². The average Bonchev–Trinajstić information content (AvgIpc) is 2.63. The SMILES string of the molecule is CC(=O)N1CCC(c2cc(Br)ccc2N)=CC1c1ccc(C(C)C)cc1. The van der Waals surface area contributed by atoms with E-state index in [9.17, 15) is 4.79 Å². The molecule has 2 N–H and O–H groups in total. The van der Waals surface area contributed by atoms with Crippen LogP contribution in [-0.4, -0.2) is 17.4 Å². The van der Waals surface area contributed by atoms with E-state index in [0.29, 0.717) is 12.5 Å². The van der Waals surface area contributed by atoms with Crippen molar-refractivity contribution in [3.63, 3.8) is 0 Å². The van der Waals surface area contributed by atoms with Crippen molar-refractivity contribution in [3.05, 3.63) is 69.7 Å². The number of rotatable bonds is 3. The molecule has 1 aliphatic heterocycles. The van der Waals surface area contributed by atoms with Crippen LogP contribution in [0.5, 0.6) is 0 Å². The van der Waals surface area contributed by atoms with Gasteiger partial charge in [0.1, 0.15) is 0 Å². The number of halogens is 1. The van der Waals surface area contributed by atoms with E-state index in [-0.39, 0.29) is 11.9 Å². The van der Waals surface area contributed by atoms with Crippen molar-refractivity contribution in [2.75, 3.05) is 12.3 Å². The van der Waals surface area contributed by atoms with E-state index >= 15 is 0 Å². The second-order valence-electron chi connectivity index (χ2n) is 7.15. The van der Waals surface area contributed by atoms with Gasteiger partial charge in [0.25, 0.3) is 0 Å². The summed E-state index contributed by atoms with van der Waals surface area (Å²) in [5.41, 5.74) is 11.7. The van der Waals surface area contributed by atoms with Gasteiger partial charge >= 0.3 is 0 Å². The van der Waals surface area contributed by atoms with Crippen LogP contribution in [0.4, 0.5) is 5.69 Å². The summed E-state index contributed by atoms with van der Waals surface area (Å²) >= 11 is 3.53. The van der Waals surface area contributed by atoms with Crippen LogP contribution in [0.15, 0.2) is 53.0 Å². The van der Waals surface area contributed by atoms with Crippen LogP contribution in [0.2, 0.25) is 0 Å². The summed E-state index contributed by atoms with van der Waals surface area (Å²) in [5.74, 6) is 0.590. The highest BCUT2D eigenvalue weighted by atomic mass is 79.9. The number of benzene rings is 2. The van der Waals surface area contributed by atoms with E-state index in [1.54, 1.807) is 6.92 Å². The first-order valence-corrected chi connectivity index (χ1v) is 9.79. The van der Waals surface area contributed by atoms with Gasteiger partial charge in [-0.2, -0.15) is 0 Å². The molecule has 2 aromatic rings. The van der Waals surface area contributed by atoms with E-state index in [1.165, 1.54) is 11.1 Å². The molecule has 3 nitrogen and oxygen atoms in total. The van der Waals surface area contributed by atoms with Gasteiger partial charge < -0.3 is 10.6 Å². The van der Waals surface area contributed by atoms with Crippen LogP contribution in [0, 0.1) is 0 Å². The van der Waals surface area contributed by atoms with Crippen molar-refractivity contribution < 1.29 is 4.79 Å². The molecule has 0 aliphatic carbocycles. The van der Waals surface area contributed by atoms with Gasteiger partial charge in [-0.3, -0.25) is 4.79 Å². The molecule has 0 radical (unpaired) electrons. The normalized spacial score (nSPS) is 17.3. The first-order chi connectivity index (χ1) is 12.4. The fourth-order valence-electron chi connectivity index (χ4n) is 3.48. The fourth-order valence-corrected chi connectivity index (χ4v) is 3.84. The molecule has 0 spiro atoms. The first-order valence-electron chi connectivity index (χ1n) is 9.00. The Kier molecular flexibility index (Phi) is 5.52. The van der Waals surface area contributed by atoms with Crippen molar-refractivity contribution >= 4 is 33.1 Å². The molecular formula is C22H25BrN2O. The Morgan fingerprint density at radius 1 is 1.19 bits per heavy atom. The summed E-state index contributed by atoms with van der Waals surface area (Å²) in [4.78, 5) is 14.1. The molecule has 1 aliphatic rings. The van der Waals surface area contributed by atoms with Gasteiger partial charge in [-0.15, -0.1) is 0 Å². The molecule has 0 saturated heterocycles. The Balaban J connectivity index is 2.02. The third-order valence-corrected chi connectivity index (χ3v) is 5.52. The summed E-state index contributed by atoms with van der Waals surface area (Å²) in [6.07, 6.45) is 2.99. The van der Waals surface area contributed by atoms with Crippen LogP contribution >= 0.6 is 15.9 Å². The zero-order chi connectivity index (χ0) is 18.8. The molecule has 3 rings (SSSR count). The molecule has 2 aromatic carbocycles. The van der Waals surface area contributed by atoms with Crippen molar-refractivity contribution in [2.24, 2.45) is 0 Å². The summed E-state index contributed by atoms with van der Waals surface area (Å²) < 4.78 is 1.01. The Labute approximate surface area is 164 Å². The highest BCUT2D eigenvalue weighted by molar-refractivity contribution is 9.10. The van der Waals surface area contributed by atoms with Crippen LogP contribution in [-0.2, 0) is 4.79 Å². The molecule has 26 heavy (non-hydrogen) atoms. The molecule has 0 saturated carbocycles. The van der Waals surface area contributed by atoms with Crippen LogP contribution in [0.1, 0.15) is 55.8 Å². The lowest BCUT2D eigenvalue weighted by molar-refractivity contribution is -0.130. The van der Waals surface area contributed by atoms with E-state index in [1.807, 2.05) is 17.0 Å². The number of nitrogen functional groups attached to an aromatic ring is 1. The molecular weight excluding hydrogens is 388 g/mol. The Morgan fingerprint density at radius 2 is 1.88 bits per heavy atom. The monoisotopic (exact) mass is 412 g/mol. The van der Waals surface area contributed by atoms with Gasteiger partial charge in [0.05, 0.1) is 6.04 Å². The minimum absolute atomic E-state index is 0.0594. The van der Waals surface area contributed by atoms with Gasteiger partial charge in [0, 0.05) is 29.2 Å². The van der Waals surface area contributed by atoms with Crippen molar-refractivity contribution in [1.82, 2.24) is 4.90 Å². The second-order valence-corrected chi connectivity index (χ2v) is 8.07. The number of nitrogens with two attached hydrogens (primary N) is 1. The smallest absolute Gasteiger partial charge is 0.220 e. The fraction of sp³-hybridized carbons (Fsp3) is 0.318. The Hall–Kier alpha value is -2.07. The lowest BCUT2D eigenvalue weighted by Gasteiger charge is -2.34. The topological polar surface area (TPSA) is 46.3 Å². The summed E-state index contributed by atoms with van der Waals surface area (Å²) in [6, 6.07) is 14.5. The molecule has 0 bridgehead atoms. The Bertz CT molecular complexity index is 840. The van der Waals surface area contributed by atoms with E-state index < -0.39 is 0 Å². The molecule has 0 fully saturated rings. The maximum Gasteiger partial charge on any atom is 0.220 e. The van der Waals surface area contributed by atoms with Crippen molar-refractivity contribution in [2.45, 2.75) is 39.2 Å². The highest BCUT2D eigenvalue weighted by Gasteiger charge is 2.26. The minimum atomic E-state index is -0.0594. The first kappa shape index (κ1) is 18.7. The van der Waals surface area contributed by atoms with Gasteiger partial charge in [-0.05, 0) is 47.2 Å². The van der Waals surface area contributed by atoms with Gasteiger partial charge in [0.15, 0.2) is 0 Å². The zero-order valence-electron chi connectivity index (χ0n) is 15.5. The number of amides is 1. The quantitative estimate of drug-likeness (QED) is 0.673. The van der Waals surface area contributed by atoms with E-state index in [2.05, 4.69) is 66.2 Å². The van der Waals surface area contributed by atoms with Gasteiger partial charge in [-0.25, -0.2) is 0 Å². The van der Waals surface area contributed by atoms with Crippen molar-refractivity contribution in [3.8, 4) is 0 Å². The maximum absolute atomic E-state index is 12.2. The number of carbonyl (C=O) groups excluding carboxylic acids is 1. The standard InChI is InChI=1S/C22H25BrN2O/c1-14(2)16-4-6-17(7-5-16)22-12-18(10-11-25(22)15(3)26)20-13-19(23)8-9-21(20)24/h4-9,12-14,22H,10-11,24H2,1-3H3. The molecule has 4 heteroatoms. The van der Waals surface area contributed by atoms with Gasteiger partial charge in [-0.1, -0.05) is 60.1 Å². The number of anilines is 1. The van der Waals surface area contributed by atoms with E-state index in [4.69, 9.17) is 5.73 Å². The lowest BCUT2D eigenvalue weighted by atomic mass is 9.90. The lowest BCUT2D eigenvalue weighted by Crippen LogP contribution is -2.35. The van der Waals surface area contributed by atoms with Crippen LogP contribution in [0.3, 0.4) is 0 Å². The Morgan fingerprint density at radius 3 is 2.50 bits per heavy atom. The molecule has 1 heterocycles. The number of hydrogen-bond acceptors (Lipinski definition) is 2. The third kappa shape index (κ3) is 3.85. The van der Waals surface area contributed by atoms with Gasteiger partial charge in [0.2, 0.25) is 5.91 Å². The number of hydrogen-bond donors (Lipinski definition) is 1. The van der Waals surface area contributed by atoms with Crippen LogP contribution < -0.4 is 5.73 Å². The minimum Gasteiger partial charge on any atom is -0.398 e.